The van der Waals surface area contributed by atoms with Gasteiger partial charge in [-0.15, -0.1) is 0 Å². The molecule has 3 aliphatic rings. The number of hydrogen-bond donors (Lipinski definition) is 0. The van der Waals surface area contributed by atoms with Crippen molar-refractivity contribution in [2.75, 3.05) is 0 Å². The smallest absolute Gasteiger partial charge is 0.212 e. The average molecular weight is 181 g/mol. The summed E-state index contributed by atoms with van der Waals surface area (Å²) in [6.07, 6.45) is 3.00. The maximum absolute atomic E-state index is 10.8. The van der Waals surface area contributed by atoms with Crippen molar-refractivity contribution >= 4 is 19.7 Å². The van der Waals surface area contributed by atoms with Crippen molar-refractivity contribution in [2.24, 2.45) is 11.8 Å². The van der Waals surface area contributed by atoms with Gasteiger partial charge in [0.15, 0.2) is 0 Å². The van der Waals surface area contributed by atoms with E-state index in [4.69, 9.17) is 10.7 Å². The van der Waals surface area contributed by atoms with Crippen LogP contribution in [0.2, 0.25) is 0 Å². The summed E-state index contributed by atoms with van der Waals surface area (Å²) in [6.45, 7) is 0. The second-order valence-corrected chi connectivity index (χ2v) is 6.19. The fourth-order valence-corrected chi connectivity index (χ4v) is 3.99. The predicted octanol–water partition coefficient (Wildman–Crippen LogP) is 1.35. The van der Waals surface area contributed by atoms with Gasteiger partial charge in [-0.25, -0.2) is 8.42 Å². The summed E-state index contributed by atoms with van der Waals surface area (Å²) in [5.74, 6) is 1.07. The van der Waals surface area contributed by atoms with Crippen molar-refractivity contribution in [3.8, 4) is 0 Å². The topological polar surface area (TPSA) is 34.1 Å². The van der Waals surface area contributed by atoms with Gasteiger partial charge >= 0.3 is 0 Å². The SMILES string of the molecule is O=S(=O)(Cl)C1CC2CC1C2. The average Bonchev–Trinajstić information content (AvgIpc) is 2.07. The lowest BCUT2D eigenvalue weighted by Crippen LogP contribution is -2.21. The lowest BCUT2D eigenvalue weighted by molar-refractivity contribution is 0.304. The zero-order chi connectivity index (χ0) is 7.35. The van der Waals surface area contributed by atoms with Gasteiger partial charge in [-0.3, -0.25) is 0 Å². The molecular weight excluding hydrogens is 172 g/mol. The van der Waals surface area contributed by atoms with E-state index in [0.29, 0.717) is 11.8 Å². The summed E-state index contributed by atoms with van der Waals surface area (Å²) in [5, 5.41) is -0.209. The minimum absolute atomic E-state index is 0.209. The molecule has 0 aromatic carbocycles. The highest BCUT2D eigenvalue weighted by atomic mass is 35.7. The molecule has 0 aromatic rings. The van der Waals surface area contributed by atoms with E-state index >= 15 is 0 Å². The van der Waals surface area contributed by atoms with Crippen LogP contribution < -0.4 is 0 Å². The molecule has 0 radical (unpaired) electrons. The summed E-state index contributed by atoms with van der Waals surface area (Å²) in [6, 6.07) is 0. The van der Waals surface area contributed by atoms with Crippen LogP contribution in [0.5, 0.6) is 0 Å². The number of rotatable bonds is 1. The number of fused-ring (bicyclic) bond motifs is 1. The van der Waals surface area contributed by atoms with Gasteiger partial charge in [0, 0.05) is 10.7 Å². The highest BCUT2D eigenvalue weighted by Gasteiger charge is 2.49. The number of hydrogen-bond acceptors (Lipinski definition) is 2. The molecule has 4 heteroatoms. The van der Waals surface area contributed by atoms with E-state index < -0.39 is 9.05 Å². The summed E-state index contributed by atoms with van der Waals surface area (Å²) >= 11 is 0. The van der Waals surface area contributed by atoms with E-state index in [1.54, 1.807) is 0 Å². The van der Waals surface area contributed by atoms with Gasteiger partial charge in [0.25, 0.3) is 0 Å². The van der Waals surface area contributed by atoms with E-state index in [9.17, 15) is 8.42 Å². The molecule has 0 aliphatic heterocycles. The molecule has 0 aromatic heterocycles. The van der Waals surface area contributed by atoms with Crippen LogP contribution >= 0.6 is 10.7 Å². The first-order valence-corrected chi connectivity index (χ1v) is 5.88. The van der Waals surface area contributed by atoms with Gasteiger partial charge in [0.05, 0.1) is 5.25 Å². The standard InChI is InChI=1S/C6H9ClO2S/c7-10(8,9)6-3-4-1-5(6)2-4/h4-6H,1-3H2. The Morgan fingerprint density at radius 2 is 1.80 bits per heavy atom. The van der Waals surface area contributed by atoms with Crippen molar-refractivity contribution in [1.82, 2.24) is 0 Å². The molecule has 10 heavy (non-hydrogen) atoms. The molecule has 0 heterocycles. The first-order chi connectivity index (χ1) is 4.57. The van der Waals surface area contributed by atoms with Crippen LogP contribution in [0.15, 0.2) is 0 Å². The molecule has 1 atom stereocenters. The summed E-state index contributed by atoms with van der Waals surface area (Å²) < 4.78 is 21.7. The van der Waals surface area contributed by atoms with Crippen molar-refractivity contribution in [3.05, 3.63) is 0 Å². The molecule has 3 rings (SSSR count). The monoisotopic (exact) mass is 180 g/mol. The third-order valence-electron chi connectivity index (χ3n) is 2.73. The Kier molecular flexibility index (Phi) is 1.30. The van der Waals surface area contributed by atoms with Crippen LogP contribution in [0.3, 0.4) is 0 Å². The summed E-state index contributed by atoms with van der Waals surface area (Å²) in [4.78, 5) is 0. The lowest BCUT2D eigenvalue weighted by atomic mass is 9.85. The normalized spacial score (nSPS) is 45.1. The van der Waals surface area contributed by atoms with Gasteiger partial charge in [-0.2, -0.15) is 0 Å². The van der Waals surface area contributed by atoms with Gasteiger partial charge < -0.3 is 0 Å². The largest absolute Gasteiger partial charge is 0.235 e. The molecule has 0 spiro atoms. The van der Waals surface area contributed by atoms with Gasteiger partial charge in [-0.1, -0.05) is 0 Å². The Bertz CT molecular complexity index is 240. The van der Waals surface area contributed by atoms with Crippen molar-refractivity contribution in [3.63, 3.8) is 0 Å². The van der Waals surface area contributed by atoms with Gasteiger partial charge in [-0.05, 0) is 31.1 Å². The second kappa shape index (κ2) is 1.89. The molecule has 3 aliphatic carbocycles. The van der Waals surface area contributed by atoms with Crippen LogP contribution in [-0.4, -0.2) is 13.7 Å². The Balaban J connectivity index is 2.22. The van der Waals surface area contributed by atoms with Crippen LogP contribution in [0.1, 0.15) is 19.3 Å². The lowest BCUT2D eigenvalue weighted by Gasteiger charge is -2.23. The highest BCUT2D eigenvalue weighted by molar-refractivity contribution is 8.14. The first kappa shape index (κ1) is 6.92. The fraction of sp³-hybridized carbons (Fsp3) is 1.00. The minimum atomic E-state index is -3.24. The molecule has 58 valence electrons. The van der Waals surface area contributed by atoms with Crippen LogP contribution in [0.25, 0.3) is 0 Å². The zero-order valence-corrected chi connectivity index (χ0v) is 7.03. The van der Waals surface area contributed by atoms with E-state index in [1.165, 1.54) is 0 Å². The van der Waals surface area contributed by atoms with Crippen molar-refractivity contribution in [2.45, 2.75) is 24.5 Å². The van der Waals surface area contributed by atoms with E-state index in [2.05, 4.69) is 0 Å². The molecule has 1 unspecified atom stereocenters. The summed E-state index contributed by atoms with van der Waals surface area (Å²) in [7, 11) is 2.00. The zero-order valence-electron chi connectivity index (χ0n) is 5.46. The quantitative estimate of drug-likeness (QED) is 0.571. The molecule has 3 fully saturated rings. The molecule has 2 bridgehead atoms. The van der Waals surface area contributed by atoms with Crippen molar-refractivity contribution < 1.29 is 8.42 Å². The third-order valence-corrected chi connectivity index (χ3v) is 4.71. The third kappa shape index (κ3) is 0.873. The highest BCUT2D eigenvalue weighted by Crippen LogP contribution is 2.51. The van der Waals surface area contributed by atoms with E-state index in [0.717, 1.165) is 19.3 Å². The Hall–Kier alpha value is 0.240. The fourth-order valence-electron chi connectivity index (χ4n) is 2.15. The Morgan fingerprint density at radius 3 is 2.00 bits per heavy atom. The maximum atomic E-state index is 10.8. The van der Waals surface area contributed by atoms with Crippen LogP contribution in [-0.2, 0) is 9.05 Å². The Labute approximate surface area is 65.0 Å². The van der Waals surface area contributed by atoms with Gasteiger partial charge in [0.1, 0.15) is 0 Å². The Morgan fingerprint density at radius 1 is 1.20 bits per heavy atom. The molecule has 0 saturated heterocycles. The molecule has 0 N–H and O–H groups in total. The van der Waals surface area contributed by atoms with Crippen LogP contribution in [0, 0.1) is 11.8 Å². The van der Waals surface area contributed by atoms with Crippen molar-refractivity contribution in [1.29, 1.82) is 0 Å². The molecule has 0 amide bonds. The van der Waals surface area contributed by atoms with E-state index in [-0.39, 0.29) is 5.25 Å². The second-order valence-electron chi connectivity index (χ2n) is 3.35. The molecule has 2 nitrogen and oxygen atoms in total. The molecular formula is C6H9ClO2S. The first-order valence-electron chi connectivity index (χ1n) is 3.51. The predicted molar refractivity (Wildman–Crippen MR) is 39.4 cm³/mol. The molecule has 3 saturated carbocycles. The van der Waals surface area contributed by atoms with Crippen LogP contribution in [0.4, 0.5) is 0 Å². The van der Waals surface area contributed by atoms with E-state index in [1.807, 2.05) is 0 Å². The summed E-state index contributed by atoms with van der Waals surface area (Å²) in [5.41, 5.74) is 0. The maximum Gasteiger partial charge on any atom is 0.235 e. The number of halogens is 1. The minimum Gasteiger partial charge on any atom is -0.212 e. The van der Waals surface area contributed by atoms with Gasteiger partial charge in [0.2, 0.25) is 9.05 Å².